The van der Waals surface area contributed by atoms with Gasteiger partial charge in [0.15, 0.2) is 25.6 Å². The van der Waals surface area contributed by atoms with Crippen LogP contribution in [0.15, 0.2) is 36.9 Å². The van der Waals surface area contributed by atoms with Crippen LogP contribution in [0.2, 0.25) is 39.3 Å². The minimum Gasteiger partial charge on any atom is -0.539 e. The molecule has 0 aliphatic carbocycles. The van der Waals surface area contributed by atoms with Gasteiger partial charge >= 0.3 is 0 Å². The van der Waals surface area contributed by atoms with E-state index in [4.69, 9.17) is 27.8 Å². The monoisotopic (exact) mass is 532 g/mol. The molecule has 6 nitrogen and oxygen atoms in total. The zero-order chi connectivity index (χ0) is 27.3. The van der Waals surface area contributed by atoms with Crippen molar-refractivity contribution in [2.45, 2.75) is 64.6 Å². The molecule has 0 aliphatic rings. The average Bonchev–Trinajstić information content (AvgIpc) is 2.80. The molecule has 36 heavy (non-hydrogen) atoms. The maximum atomic E-state index is 6.82. The third-order valence-electron chi connectivity index (χ3n) is 5.59. The Kier molecular flexibility index (Phi) is 10.1. The highest BCUT2D eigenvalue weighted by molar-refractivity contribution is 6.70. The highest BCUT2D eigenvalue weighted by Gasteiger charge is 2.34. The first kappa shape index (κ1) is 29.8. The van der Waals surface area contributed by atoms with Crippen LogP contribution in [0.25, 0.3) is 0 Å². The number of methoxy groups -OCH3 is 4. The largest absolute Gasteiger partial charge is 0.539 e. The van der Waals surface area contributed by atoms with Crippen molar-refractivity contribution in [3.05, 3.63) is 53.6 Å². The summed E-state index contributed by atoms with van der Waals surface area (Å²) in [5.74, 6) is 3.32. The van der Waals surface area contributed by atoms with Crippen LogP contribution in [-0.2, 0) is 10.8 Å². The molecule has 0 N–H and O–H groups in total. The Bertz CT molecular complexity index is 989. The van der Waals surface area contributed by atoms with E-state index in [1.165, 1.54) is 0 Å². The predicted molar refractivity (Wildman–Crippen MR) is 153 cm³/mol. The Morgan fingerprint density at radius 2 is 1.22 bits per heavy atom. The first-order valence-electron chi connectivity index (χ1n) is 12.3. The number of allylic oxidation sites excluding steroid dienone is 1. The van der Waals surface area contributed by atoms with Gasteiger partial charge in [0.1, 0.15) is 11.5 Å². The van der Waals surface area contributed by atoms with E-state index in [0.717, 1.165) is 34.6 Å². The van der Waals surface area contributed by atoms with Crippen LogP contribution >= 0.6 is 0 Å². The van der Waals surface area contributed by atoms with E-state index in [1.807, 2.05) is 30.3 Å². The van der Waals surface area contributed by atoms with Gasteiger partial charge < -0.3 is 27.8 Å². The van der Waals surface area contributed by atoms with Gasteiger partial charge in [-0.1, -0.05) is 13.0 Å². The van der Waals surface area contributed by atoms with Gasteiger partial charge in [0.25, 0.3) is 0 Å². The molecule has 0 spiro atoms. The first-order chi connectivity index (χ1) is 16.8. The molecule has 0 radical (unpaired) electrons. The van der Waals surface area contributed by atoms with Crippen molar-refractivity contribution in [1.82, 2.24) is 0 Å². The zero-order valence-corrected chi connectivity index (χ0v) is 25.9. The van der Waals surface area contributed by atoms with Crippen molar-refractivity contribution < 1.29 is 27.8 Å². The van der Waals surface area contributed by atoms with E-state index in [2.05, 4.69) is 52.8 Å². The maximum absolute atomic E-state index is 6.82. The van der Waals surface area contributed by atoms with Gasteiger partial charge in [-0.25, -0.2) is 0 Å². The molecule has 0 amide bonds. The molecule has 0 fully saturated rings. The number of ether oxygens (including phenoxy) is 4. The van der Waals surface area contributed by atoms with Crippen molar-refractivity contribution in [3.63, 3.8) is 0 Å². The number of rotatable bonds is 13. The quantitative estimate of drug-likeness (QED) is 0.198. The van der Waals surface area contributed by atoms with E-state index in [1.54, 1.807) is 28.4 Å². The van der Waals surface area contributed by atoms with Crippen LogP contribution in [0.4, 0.5) is 0 Å². The molecule has 2 aromatic rings. The van der Waals surface area contributed by atoms with Crippen LogP contribution in [0.3, 0.4) is 0 Å². The Morgan fingerprint density at radius 3 is 1.58 bits per heavy atom. The molecule has 0 heterocycles. The number of hydrogen-bond donors (Lipinski definition) is 0. The minimum atomic E-state index is -1.99. The number of hydrogen-bond acceptors (Lipinski definition) is 6. The summed E-state index contributed by atoms with van der Waals surface area (Å²) < 4.78 is 36.4. The summed E-state index contributed by atoms with van der Waals surface area (Å²) >= 11 is 0. The summed E-state index contributed by atoms with van der Waals surface area (Å²) in [6.07, 6.45) is 2.30. The fourth-order valence-electron chi connectivity index (χ4n) is 4.19. The van der Waals surface area contributed by atoms with Crippen molar-refractivity contribution in [2.24, 2.45) is 0 Å². The standard InChI is InChI=1S/C28H44O6Si2/c1-13-14-20-15-22(29-3)26(23(16-20)30-4)19(2)27(33-35(7,8)9)21-17-24(31-5)28(25(18-21)32-6)34-36(10,11)12/h13,15-19,27H,1,14H2,2-12H3. The Labute approximate surface area is 219 Å². The molecular weight excluding hydrogens is 488 g/mol. The molecule has 0 aromatic heterocycles. The molecule has 2 aromatic carbocycles. The molecular formula is C28H44O6Si2. The third-order valence-corrected chi connectivity index (χ3v) is 7.37. The van der Waals surface area contributed by atoms with Crippen LogP contribution in [0, 0.1) is 0 Å². The lowest BCUT2D eigenvalue weighted by Crippen LogP contribution is -2.31. The lowest BCUT2D eigenvalue weighted by molar-refractivity contribution is 0.166. The lowest BCUT2D eigenvalue weighted by Gasteiger charge is -2.34. The zero-order valence-electron chi connectivity index (χ0n) is 23.9. The molecule has 8 heteroatoms. The van der Waals surface area contributed by atoms with Gasteiger partial charge in [-0.3, -0.25) is 0 Å². The topological polar surface area (TPSA) is 55.4 Å². The Morgan fingerprint density at radius 1 is 0.750 bits per heavy atom. The van der Waals surface area contributed by atoms with E-state index in [-0.39, 0.29) is 12.0 Å². The molecule has 0 bridgehead atoms. The molecule has 200 valence electrons. The summed E-state index contributed by atoms with van der Waals surface area (Å²) in [4.78, 5) is 0. The lowest BCUT2D eigenvalue weighted by atomic mass is 9.88. The van der Waals surface area contributed by atoms with Gasteiger partial charge in [0.2, 0.25) is 8.32 Å². The molecule has 0 saturated heterocycles. The highest BCUT2D eigenvalue weighted by atomic mass is 28.4. The number of benzene rings is 2. The van der Waals surface area contributed by atoms with Gasteiger partial charge in [0.05, 0.1) is 34.5 Å². The molecule has 2 unspecified atom stereocenters. The Balaban J connectivity index is 2.75. The van der Waals surface area contributed by atoms with E-state index in [0.29, 0.717) is 17.2 Å². The second kappa shape index (κ2) is 12.2. The SMILES string of the molecule is C=CCc1cc(OC)c(C(C)C(O[Si](C)(C)C)c2cc(OC)c(O[Si](C)(C)C)c(OC)c2)c(OC)c1. The van der Waals surface area contributed by atoms with Crippen LogP contribution in [0.5, 0.6) is 28.7 Å². The highest BCUT2D eigenvalue weighted by Crippen LogP contribution is 2.48. The smallest absolute Gasteiger partial charge is 0.242 e. The van der Waals surface area contributed by atoms with Crippen molar-refractivity contribution in [2.75, 3.05) is 28.4 Å². The summed E-state index contributed by atoms with van der Waals surface area (Å²) in [6.45, 7) is 19.0. The van der Waals surface area contributed by atoms with Crippen molar-refractivity contribution >= 4 is 16.6 Å². The normalized spacial score (nSPS) is 13.5. The van der Waals surface area contributed by atoms with Crippen LogP contribution < -0.4 is 23.4 Å². The van der Waals surface area contributed by atoms with Gasteiger partial charge in [-0.2, -0.15) is 0 Å². The maximum Gasteiger partial charge on any atom is 0.242 e. The summed E-state index contributed by atoms with van der Waals surface area (Å²) in [7, 11) is 2.78. The van der Waals surface area contributed by atoms with E-state index in [9.17, 15) is 0 Å². The molecule has 2 atom stereocenters. The Hall–Kier alpha value is -2.43. The van der Waals surface area contributed by atoms with Gasteiger partial charge in [-0.05, 0) is 81.1 Å². The summed E-state index contributed by atoms with van der Waals surface area (Å²) in [6, 6.07) is 8.11. The van der Waals surface area contributed by atoms with Crippen LogP contribution in [0.1, 0.15) is 35.6 Å². The van der Waals surface area contributed by atoms with Gasteiger partial charge in [-0.15, -0.1) is 6.58 Å². The van der Waals surface area contributed by atoms with E-state index < -0.39 is 16.6 Å². The van der Waals surface area contributed by atoms with E-state index >= 15 is 0 Å². The average molecular weight is 533 g/mol. The minimum absolute atomic E-state index is 0.0995. The van der Waals surface area contributed by atoms with Crippen LogP contribution in [-0.4, -0.2) is 45.1 Å². The van der Waals surface area contributed by atoms with Gasteiger partial charge in [0, 0.05) is 11.5 Å². The van der Waals surface area contributed by atoms with Crippen molar-refractivity contribution in [3.8, 4) is 28.7 Å². The summed E-state index contributed by atoms with van der Waals surface area (Å²) in [5.41, 5.74) is 2.98. The second-order valence-electron chi connectivity index (χ2n) is 10.8. The second-order valence-corrected chi connectivity index (χ2v) is 19.7. The summed E-state index contributed by atoms with van der Waals surface area (Å²) in [5, 5.41) is 0. The van der Waals surface area contributed by atoms with Crippen molar-refractivity contribution in [1.29, 1.82) is 0 Å². The third kappa shape index (κ3) is 7.54. The fourth-order valence-corrected chi connectivity index (χ4v) is 6.10. The molecule has 2 rings (SSSR count). The molecule has 0 saturated carbocycles. The molecule has 0 aliphatic heterocycles. The first-order valence-corrected chi connectivity index (χ1v) is 19.1. The fraction of sp³-hybridized carbons (Fsp3) is 0.500. The predicted octanol–water partition coefficient (Wildman–Crippen LogP) is 7.36.